The second kappa shape index (κ2) is 6.52. The topological polar surface area (TPSA) is 73.1 Å². The molecule has 1 aliphatic carbocycles. The summed E-state index contributed by atoms with van der Waals surface area (Å²) in [7, 11) is -2.86. The van der Waals surface area contributed by atoms with Gasteiger partial charge in [-0.2, -0.15) is 0 Å². The molecular weight excluding hydrogens is 344 g/mol. The van der Waals surface area contributed by atoms with Gasteiger partial charge in [-0.1, -0.05) is 36.0 Å². The lowest BCUT2D eigenvalue weighted by atomic mass is 9.91. The van der Waals surface area contributed by atoms with Crippen LogP contribution < -0.4 is 0 Å². The minimum absolute atomic E-state index is 0.115. The molecule has 1 fully saturated rings. The summed E-state index contributed by atoms with van der Waals surface area (Å²) in [5, 5.41) is 9.22. The molecule has 0 bridgehead atoms. The third kappa shape index (κ3) is 3.52. The predicted molar refractivity (Wildman–Crippen MR) is 92.7 cm³/mol. The van der Waals surface area contributed by atoms with Crippen molar-refractivity contribution in [3.63, 3.8) is 0 Å². The van der Waals surface area contributed by atoms with E-state index < -0.39 is 9.84 Å². The lowest BCUT2D eigenvalue weighted by molar-refractivity contribution is 0.388. The average molecular weight is 364 g/mol. The highest BCUT2D eigenvalue weighted by atomic mass is 32.2. The molecule has 0 N–H and O–H groups in total. The van der Waals surface area contributed by atoms with E-state index in [9.17, 15) is 8.42 Å². The van der Waals surface area contributed by atoms with Gasteiger partial charge in [0, 0.05) is 11.7 Å². The first-order valence-electron chi connectivity index (χ1n) is 8.36. The van der Waals surface area contributed by atoms with Gasteiger partial charge in [0.2, 0.25) is 5.89 Å². The lowest BCUT2D eigenvalue weighted by Crippen LogP contribution is -2.07. The van der Waals surface area contributed by atoms with Crippen LogP contribution in [-0.2, 0) is 22.7 Å². The molecule has 5 nitrogen and oxygen atoms in total. The molecule has 2 atom stereocenters. The van der Waals surface area contributed by atoms with E-state index in [1.807, 2.05) is 0 Å². The van der Waals surface area contributed by atoms with Crippen molar-refractivity contribution in [2.24, 2.45) is 5.92 Å². The molecule has 1 aromatic carbocycles. The molecule has 2 heterocycles. The van der Waals surface area contributed by atoms with Crippen molar-refractivity contribution in [1.82, 2.24) is 10.2 Å². The fourth-order valence-corrected chi connectivity index (χ4v) is 6.58. The Bertz CT molecular complexity index is 832. The SMILES string of the molecule is O=S1(=O)CCC(Cc2nnc(SC3CCCc4ccccc43)o2)C1. The van der Waals surface area contributed by atoms with Gasteiger partial charge in [0.15, 0.2) is 9.84 Å². The molecule has 7 heteroatoms. The van der Waals surface area contributed by atoms with Crippen LogP contribution in [0, 0.1) is 5.92 Å². The van der Waals surface area contributed by atoms with Gasteiger partial charge in [-0.15, -0.1) is 10.2 Å². The molecule has 2 aliphatic rings. The first-order valence-corrected chi connectivity index (χ1v) is 11.1. The number of hydrogen-bond donors (Lipinski definition) is 0. The van der Waals surface area contributed by atoms with Gasteiger partial charge in [-0.3, -0.25) is 0 Å². The third-order valence-electron chi connectivity index (χ3n) is 4.80. The lowest BCUT2D eigenvalue weighted by Gasteiger charge is -2.23. The molecule has 0 saturated carbocycles. The van der Waals surface area contributed by atoms with Crippen molar-refractivity contribution in [3.05, 3.63) is 41.3 Å². The Morgan fingerprint density at radius 2 is 2.08 bits per heavy atom. The number of fused-ring (bicyclic) bond motifs is 1. The van der Waals surface area contributed by atoms with Crippen LogP contribution in [-0.4, -0.2) is 30.1 Å². The van der Waals surface area contributed by atoms with Crippen LogP contribution in [0.5, 0.6) is 0 Å². The number of rotatable bonds is 4. The summed E-state index contributed by atoms with van der Waals surface area (Å²) in [5.41, 5.74) is 2.78. The first kappa shape index (κ1) is 16.1. The zero-order valence-corrected chi connectivity index (χ0v) is 15.0. The van der Waals surface area contributed by atoms with Crippen LogP contribution in [0.1, 0.15) is 41.5 Å². The van der Waals surface area contributed by atoms with Gasteiger partial charge in [0.05, 0.1) is 11.5 Å². The van der Waals surface area contributed by atoms with Crippen molar-refractivity contribution in [1.29, 1.82) is 0 Å². The maximum atomic E-state index is 11.5. The molecule has 0 amide bonds. The van der Waals surface area contributed by atoms with Crippen LogP contribution >= 0.6 is 11.8 Å². The van der Waals surface area contributed by atoms with E-state index in [-0.39, 0.29) is 17.4 Å². The van der Waals surface area contributed by atoms with Gasteiger partial charge in [0.25, 0.3) is 5.22 Å². The normalized spacial score (nSPS) is 25.5. The molecular formula is C17H20N2O3S2. The van der Waals surface area contributed by atoms with Gasteiger partial charge in [-0.05, 0) is 42.7 Å². The summed E-state index contributed by atoms with van der Waals surface area (Å²) >= 11 is 1.63. The van der Waals surface area contributed by atoms with Gasteiger partial charge in [0.1, 0.15) is 0 Å². The van der Waals surface area contributed by atoms with Gasteiger partial charge >= 0.3 is 0 Å². The summed E-state index contributed by atoms with van der Waals surface area (Å²) in [6.45, 7) is 0. The van der Waals surface area contributed by atoms with E-state index >= 15 is 0 Å². The molecule has 128 valence electrons. The van der Waals surface area contributed by atoms with E-state index in [4.69, 9.17) is 4.42 Å². The van der Waals surface area contributed by atoms with Crippen LogP contribution in [0.4, 0.5) is 0 Å². The maximum absolute atomic E-state index is 11.5. The van der Waals surface area contributed by atoms with E-state index in [1.165, 1.54) is 17.5 Å². The number of sulfone groups is 1. The summed E-state index contributed by atoms with van der Waals surface area (Å²) < 4.78 is 28.9. The Kier molecular flexibility index (Phi) is 4.39. The monoisotopic (exact) mass is 364 g/mol. The predicted octanol–water partition coefficient (Wildman–Crippen LogP) is 3.22. The smallest absolute Gasteiger partial charge is 0.277 e. The Labute approximate surface area is 146 Å². The number of hydrogen-bond acceptors (Lipinski definition) is 6. The van der Waals surface area contributed by atoms with E-state index in [0.29, 0.717) is 29.2 Å². The largest absolute Gasteiger partial charge is 0.416 e. The summed E-state index contributed by atoms with van der Waals surface area (Å²) in [6.07, 6.45) is 4.69. The number of benzene rings is 1. The molecule has 0 spiro atoms. The molecule has 2 unspecified atom stereocenters. The zero-order chi connectivity index (χ0) is 16.6. The van der Waals surface area contributed by atoms with Crippen LogP contribution in [0.3, 0.4) is 0 Å². The highest BCUT2D eigenvalue weighted by molar-refractivity contribution is 7.99. The Morgan fingerprint density at radius 3 is 2.92 bits per heavy atom. The van der Waals surface area contributed by atoms with E-state index in [2.05, 4.69) is 34.5 Å². The van der Waals surface area contributed by atoms with Crippen molar-refractivity contribution in [2.75, 3.05) is 11.5 Å². The highest BCUT2D eigenvalue weighted by Gasteiger charge is 2.30. The second-order valence-corrected chi connectivity index (χ2v) is 10.0. The summed E-state index contributed by atoms with van der Waals surface area (Å²) in [6, 6.07) is 8.55. The number of aromatic nitrogens is 2. The van der Waals surface area contributed by atoms with Crippen LogP contribution in [0.25, 0.3) is 0 Å². The fourth-order valence-electron chi connectivity index (χ4n) is 3.60. The Hall–Kier alpha value is -1.34. The quantitative estimate of drug-likeness (QED) is 0.829. The number of thioether (sulfide) groups is 1. The first-order chi connectivity index (χ1) is 11.6. The second-order valence-electron chi connectivity index (χ2n) is 6.63. The standard InChI is InChI=1S/C17H20N2O3S2/c20-24(21)9-8-12(11-24)10-16-18-19-17(22-16)23-15-7-3-5-13-4-1-2-6-14(13)15/h1-2,4,6,12,15H,3,5,7-11H2. The minimum Gasteiger partial charge on any atom is -0.416 e. The van der Waals surface area contributed by atoms with Crippen LogP contribution in [0.2, 0.25) is 0 Å². The molecule has 24 heavy (non-hydrogen) atoms. The van der Waals surface area contributed by atoms with Crippen molar-refractivity contribution >= 4 is 21.6 Å². The average Bonchev–Trinajstić information content (AvgIpc) is 3.14. The Morgan fingerprint density at radius 1 is 1.21 bits per heavy atom. The Balaban J connectivity index is 1.43. The van der Waals surface area contributed by atoms with Crippen LogP contribution in [0.15, 0.2) is 33.9 Å². The highest BCUT2D eigenvalue weighted by Crippen LogP contribution is 2.42. The molecule has 1 aliphatic heterocycles. The fraction of sp³-hybridized carbons (Fsp3) is 0.529. The number of nitrogens with zero attached hydrogens (tertiary/aromatic N) is 2. The van der Waals surface area contributed by atoms with E-state index in [1.54, 1.807) is 11.8 Å². The summed E-state index contributed by atoms with van der Waals surface area (Å²) in [5.74, 6) is 1.20. The molecule has 0 radical (unpaired) electrons. The minimum atomic E-state index is -2.86. The number of aryl methyl sites for hydroxylation is 1. The summed E-state index contributed by atoms with van der Waals surface area (Å²) in [4.78, 5) is 0. The molecule has 1 aromatic heterocycles. The van der Waals surface area contributed by atoms with Crippen molar-refractivity contribution in [3.8, 4) is 0 Å². The van der Waals surface area contributed by atoms with Crippen molar-refractivity contribution in [2.45, 2.75) is 42.6 Å². The maximum Gasteiger partial charge on any atom is 0.277 e. The van der Waals surface area contributed by atoms with Crippen molar-refractivity contribution < 1.29 is 12.8 Å². The van der Waals surface area contributed by atoms with Gasteiger partial charge in [-0.25, -0.2) is 8.42 Å². The zero-order valence-electron chi connectivity index (χ0n) is 13.3. The molecule has 2 aromatic rings. The van der Waals surface area contributed by atoms with Gasteiger partial charge < -0.3 is 4.42 Å². The molecule has 1 saturated heterocycles. The van der Waals surface area contributed by atoms with E-state index in [0.717, 1.165) is 12.8 Å². The third-order valence-corrected chi connectivity index (χ3v) is 7.77. The molecule has 4 rings (SSSR count).